The first-order chi connectivity index (χ1) is 7.83. The van der Waals surface area contributed by atoms with Crippen molar-refractivity contribution in [2.45, 2.75) is 31.7 Å². The largest absolute Gasteiger partial charge is 0.351 e. The minimum Gasteiger partial charge on any atom is -0.351 e. The Kier molecular flexibility index (Phi) is 4.64. The highest BCUT2D eigenvalue weighted by molar-refractivity contribution is 14.1. The molecule has 0 radical (unpaired) electrons. The Bertz CT molecular complexity index is 342. The van der Waals surface area contributed by atoms with Gasteiger partial charge in [-0.1, -0.05) is 12.8 Å². The second kappa shape index (κ2) is 6.00. The van der Waals surface area contributed by atoms with Gasteiger partial charge in [-0.25, -0.2) is 9.97 Å². The van der Waals surface area contributed by atoms with Crippen LogP contribution in [0.2, 0.25) is 0 Å². The van der Waals surface area contributed by atoms with Crippen molar-refractivity contribution in [2.24, 2.45) is 0 Å². The predicted octanol–water partition coefficient (Wildman–Crippen LogP) is 3.07. The SMILES string of the molecule is ClCCN(c1ncncc1I)C1CCCC1. The van der Waals surface area contributed by atoms with Gasteiger partial charge in [0.1, 0.15) is 12.1 Å². The summed E-state index contributed by atoms with van der Waals surface area (Å²) in [5, 5.41) is 0. The molecule has 1 heterocycles. The van der Waals surface area contributed by atoms with Crippen LogP contribution in [-0.4, -0.2) is 28.4 Å². The molecule has 1 aliphatic rings. The Balaban J connectivity index is 2.21. The number of hydrogen-bond donors (Lipinski definition) is 0. The van der Waals surface area contributed by atoms with Crippen molar-refractivity contribution in [3.63, 3.8) is 0 Å². The van der Waals surface area contributed by atoms with Crippen LogP contribution in [0.3, 0.4) is 0 Å². The Labute approximate surface area is 115 Å². The van der Waals surface area contributed by atoms with E-state index in [1.807, 2.05) is 6.20 Å². The average Bonchev–Trinajstić information content (AvgIpc) is 2.80. The van der Waals surface area contributed by atoms with Gasteiger partial charge in [0.25, 0.3) is 0 Å². The zero-order valence-corrected chi connectivity index (χ0v) is 12.0. The molecule has 1 fully saturated rings. The summed E-state index contributed by atoms with van der Waals surface area (Å²) in [6, 6.07) is 0.613. The lowest BCUT2D eigenvalue weighted by Gasteiger charge is -2.29. The van der Waals surface area contributed by atoms with E-state index in [0.717, 1.165) is 15.9 Å². The van der Waals surface area contributed by atoms with Crippen molar-refractivity contribution in [1.29, 1.82) is 0 Å². The Morgan fingerprint density at radius 2 is 2.19 bits per heavy atom. The van der Waals surface area contributed by atoms with Gasteiger partial charge in [-0.2, -0.15) is 0 Å². The summed E-state index contributed by atoms with van der Waals surface area (Å²) in [6.07, 6.45) is 8.65. The molecule has 16 heavy (non-hydrogen) atoms. The molecule has 5 heteroatoms. The molecule has 0 saturated heterocycles. The second-order valence-electron chi connectivity index (χ2n) is 4.01. The highest BCUT2D eigenvalue weighted by atomic mass is 127. The molecule has 1 aromatic rings. The highest BCUT2D eigenvalue weighted by Gasteiger charge is 2.24. The standard InChI is InChI=1S/C11H15ClIN3/c12-5-6-16(9-3-1-2-4-9)11-10(13)7-14-8-15-11/h7-9H,1-6H2. The van der Waals surface area contributed by atoms with Crippen molar-refractivity contribution in [3.05, 3.63) is 16.1 Å². The van der Waals surface area contributed by atoms with E-state index < -0.39 is 0 Å². The number of rotatable bonds is 4. The third-order valence-electron chi connectivity index (χ3n) is 3.01. The molecule has 0 aromatic carbocycles. The van der Waals surface area contributed by atoms with Gasteiger partial charge in [-0.15, -0.1) is 11.6 Å². The lowest BCUT2D eigenvalue weighted by molar-refractivity contribution is 0.612. The number of nitrogens with zero attached hydrogens (tertiary/aromatic N) is 3. The number of hydrogen-bond acceptors (Lipinski definition) is 3. The van der Waals surface area contributed by atoms with E-state index in [9.17, 15) is 0 Å². The molecule has 0 atom stereocenters. The zero-order chi connectivity index (χ0) is 11.4. The number of halogens is 2. The van der Waals surface area contributed by atoms with Gasteiger partial charge >= 0.3 is 0 Å². The van der Waals surface area contributed by atoms with E-state index >= 15 is 0 Å². The van der Waals surface area contributed by atoms with Crippen LogP contribution in [0, 0.1) is 3.57 Å². The summed E-state index contributed by atoms with van der Waals surface area (Å²) >= 11 is 8.18. The fourth-order valence-electron chi connectivity index (χ4n) is 2.29. The van der Waals surface area contributed by atoms with Gasteiger partial charge in [-0.05, 0) is 35.4 Å². The Hall–Kier alpha value is -0.100. The summed E-state index contributed by atoms with van der Waals surface area (Å²) in [7, 11) is 0. The zero-order valence-electron chi connectivity index (χ0n) is 9.07. The molecule has 0 unspecified atom stereocenters. The van der Waals surface area contributed by atoms with Crippen LogP contribution in [0.25, 0.3) is 0 Å². The molecular formula is C11H15ClIN3. The first kappa shape index (κ1) is 12.4. The van der Waals surface area contributed by atoms with E-state index in [4.69, 9.17) is 11.6 Å². The maximum atomic E-state index is 5.89. The maximum Gasteiger partial charge on any atom is 0.145 e. The summed E-state index contributed by atoms with van der Waals surface area (Å²) < 4.78 is 1.11. The lowest BCUT2D eigenvalue weighted by Crippen LogP contribution is -2.36. The first-order valence-corrected chi connectivity index (χ1v) is 7.22. The second-order valence-corrected chi connectivity index (χ2v) is 5.56. The quantitative estimate of drug-likeness (QED) is 0.617. The molecule has 0 bridgehead atoms. The first-order valence-electron chi connectivity index (χ1n) is 5.61. The van der Waals surface area contributed by atoms with Crippen LogP contribution >= 0.6 is 34.2 Å². The Morgan fingerprint density at radius 3 is 2.81 bits per heavy atom. The molecule has 1 saturated carbocycles. The molecule has 88 valence electrons. The van der Waals surface area contributed by atoms with E-state index in [0.29, 0.717) is 11.9 Å². The van der Waals surface area contributed by atoms with Crippen LogP contribution in [-0.2, 0) is 0 Å². The number of alkyl halides is 1. The maximum absolute atomic E-state index is 5.89. The third kappa shape index (κ3) is 2.77. The van der Waals surface area contributed by atoms with Crippen LogP contribution in [0.4, 0.5) is 5.82 Å². The Morgan fingerprint density at radius 1 is 1.44 bits per heavy atom. The average molecular weight is 352 g/mol. The highest BCUT2D eigenvalue weighted by Crippen LogP contribution is 2.29. The van der Waals surface area contributed by atoms with Crippen LogP contribution < -0.4 is 4.90 Å². The van der Waals surface area contributed by atoms with Crippen LogP contribution in [0.5, 0.6) is 0 Å². The van der Waals surface area contributed by atoms with Gasteiger partial charge in [-0.3, -0.25) is 0 Å². The van der Waals surface area contributed by atoms with Gasteiger partial charge in [0, 0.05) is 24.7 Å². The predicted molar refractivity (Wildman–Crippen MR) is 75.1 cm³/mol. The number of aromatic nitrogens is 2. The summed E-state index contributed by atoms with van der Waals surface area (Å²) in [4.78, 5) is 10.8. The van der Waals surface area contributed by atoms with Crippen molar-refractivity contribution >= 4 is 40.0 Å². The van der Waals surface area contributed by atoms with Crippen LogP contribution in [0.1, 0.15) is 25.7 Å². The molecule has 3 nitrogen and oxygen atoms in total. The van der Waals surface area contributed by atoms with Gasteiger partial charge in [0.2, 0.25) is 0 Å². The topological polar surface area (TPSA) is 29.0 Å². The number of anilines is 1. The molecule has 0 aliphatic heterocycles. The van der Waals surface area contributed by atoms with E-state index in [2.05, 4.69) is 37.5 Å². The van der Waals surface area contributed by atoms with Crippen LogP contribution in [0.15, 0.2) is 12.5 Å². The molecule has 0 spiro atoms. The van der Waals surface area contributed by atoms with Gasteiger partial charge in [0.15, 0.2) is 0 Å². The lowest BCUT2D eigenvalue weighted by atomic mass is 10.2. The minimum absolute atomic E-state index is 0.613. The van der Waals surface area contributed by atoms with E-state index in [-0.39, 0.29) is 0 Å². The molecule has 2 rings (SSSR count). The third-order valence-corrected chi connectivity index (χ3v) is 3.94. The molecule has 1 aliphatic carbocycles. The molecule has 0 N–H and O–H groups in total. The van der Waals surface area contributed by atoms with Crippen molar-refractivity contribution in [3.8, 4) is 0 Å². The molecular weight excluding hydrogens is 336 g/mol. The normalized spacial score (nSPS) is 16.6. The monoisotopic (exact) mass is 351 g/mol. The minimum atomic E-state index is 0.613. The fourth-order valence-corrected chi connectivity index (χ4v) is 3.08. The van der Waals surface area contributed by atoms with Gasteiger partial charge in [0.05, 0.1) is 3.57 Å². The molecule has 0 amide bonds. The smallest absolute Gasteiger partial charge is 0.145 e. The van der Waals surface area contributed by atoms with Crippen molar-refractivity contribution in [1.82, 2.24) is 9.97 Å². The van der Waals surface area contributed by atoms with Crippen molar-refractivity contribution in [2.75, 3.05) is 17.3 Å². The fraction of sp³-hybridized carbons (Fsp3) is 0.636. The summed E-state index contributed by atoms with van der Waals surface area (Å²) in [5.74, 6) is 1.69. The van der Waals surface area contributed by atoms with Gasteiger partial charge < -0.3 is 4.90 Å². The van der Waals surface area contributed by atoms with Crippen molar-refractivity contribution < 1.29 is 0 Å². The summed E-state index contributed by atoms with van der Waals surface area (Å²) in [6.45, 7) is 0.874. The summed E-state index contributed by atoms with van der Waals surface area (Å²) in [5.41, 5.74) is 0. The molecule has 1 aromatic heterocycles. The van der Waals surface area contributed by atoms with E-state index in [1.165, 1.54) is 25.7 Å². The van der Waals surface area contributed by atoms with E-state index in [1.54, 1.807) is 6.33 Å².